The Balaban J connectivity index is 2.60. The fraction of sp³-hybridized carbons (Fsp3) is 0.250. The number of amides is 2. The normalized spacial score (nSPS) is 11.5. The third-order valence-corrected chi connectivity index (χ3v) is 2.20. The van der Waals surface area contributed by atoms with Crippen molar-refractivity contribution >= 4 is 29.2 Å². The SMILES string of the molecule is CC(=O)Nc1ccc(NC(=O)C(N)CC(=O)O)cc1. The van der Waals surface area contributed by atoms with E-state index in [1.807, 2.05) is 0 Å². The smallest absolute Gasteiger partial charge is 0.305 e. The summed E-state index contributed by atoms with van der Waals surface area (Å²) < 4.78 is 0. The molecule has 0 spiro atoms. The average Bonchev–Trinajstić information content (AvgIpc) is 2.30. The number of carboxylic acids is 1. The number of hydrogen-bond acceptors (Lipinski definition) is 4. The van der Waals surface area contributed by atoms with Crippen molar-refractivity contribution in [2.45, 2.75) is 19.4 Å². The highest BCUT2D eigenvalue weighted by molar-refractivity contribution is 5.97. The van der Waals surface area contributed by atoms with Gasteiger partial charge in [0.05, 0.1) is 12.5 Å². The molecule has 102 valence electrons. The molecule has 0 fully saturated rings. The maximum Gasteiger partial charge on any atom is 0.305 e. The van der Waals surface area contributed by atoms with Crippen LogP contribution in [-0.2, 0) is 14.4 Å². The first-order valence-corrected chi connectivity index (χ1v) is 5.54. The minimum atomic E-state index is -1.14. The molecule has 1 rings (SSSR count). The highest BCUT2D eigenvalue weighted by atomic mass is 16.4. The maximum atomic E-state index is 11.5. The van der Waals surface area contributed by atoms with Gasteiger partial charge in [0.2, 0.25) is 11.8 Å². The first-order valence-electron chi connectivity index (χ1n) is 5.54. The zero-order valence-corrected chi connectivity index (χ0v) is 10.3. The Labute approximate surface area is 109 Å². The standard InChI is InChI=1S/C12H15N3O4/c1-7(16)14-8-2-4-9(5-3-8)15-12(19)10(13)6-11(17)18/h2-5,10H,6,13H2,1H3,(H,14,16)(H,15,19)(H,17,18). The van der Waals surface area contributed by atoms with Crippen LogP contribution in [0.3, 0.4) is 0 Å². The Morgan fingerprint density at radius 3 is 2.05 bits per heavy atom. The van der Waals surface area contributed by atoms with Gasteiger partial charge in [-0.05, 0) is 24.3 Å². The van der Waals surface area contributed by atoms with E-state index in [0.29, 0.717) is 11.4 Å². The zero-order valence-electron chi connectivity index (χ0n) is 10.3. The summed E-state index contributed by atoms with van der Waals surface area (Å²) in [5.74, 6) is -1.90. The summed E-state index contributed by atoms with van der Waals surface area (Å²) in [7, 11) is 0. The number of aliphatic carboxylic acids is 1. The van der Waals surface area contributed by atoms with Gasteiger partial charge in [-0.3, -0.25) is 14.4 Å². The van der Waals surface area contributed by atoms with E-state index in [0.717, 1.165) is 0 Å². The van der Waals surface area contributed by atoms with E-state index in [1.54, 1.807) is 24.3 Å². The molecule has 0 saturated carbocycles. The van der Waals surface area contributed by atoms with Gasteiger partial charge in [-0.25, -0.2) is 0 Å². The number of nitrogens with two attached hydrogens (primary N) is 1. The molecule has 7 heteroatoms. The Hall–Kier alpha value is -2.41. The number of carbonyl (C=O) groups excluding carboxylic acids is 2. The molecule has 0 saturated heterocycles. The second kappa shape index (κ2) is 6.50. The average molecular weight is 265 g/mol. The fourth-order valence-electron chi connectivity index (χ4n) is 1.36. The Kier molecular flexibility index (Phi) is 5.01. The largest absolute Gasteiger partial charge is 0.481 e. The van der Waals surface area contributed by atoms with Crippen molar-refractivity contribution in [1.82, 2.24) is 0 Å². The van der Waals surface area contributed by atoms with Gasteiger partial charge in [0, 0.05) is 18.3 Å². The molecule has 0 bridgehead atoms. The van der Waals surface area contributed by atoms with Crippen molar-refractivity contribution in [3.05, 3.63) is 24.3 Å². The van der Waals surface area contributed by atoms with Crippen molar-refractivity contribution in [3.8, 4) is 0 Å². The third kappa shape index (κ3) is 5.17. The van der Waals surface area contributed by atoms with Crippen LogP contribution in [0.1, 0.15) is 13.3 Å². The molecule has 1 aromatic carbocycles. The van der Waals surface area contributed by atoms with E-state index in [4.69, 9.17) is 10.8 Å². The van der Waals surface area contributed by atoms with Gasteiger partial charge in [-0.15, -0.1) is 0 Å². The lowest BCUT2D eigenvalue weighted by atomic mass is 10.2. The van der Waals surface area contributed by atoms with Crippen LogP contribution in [0.25, 0.3) is 0 Å². The lowest BCUT2D eigenvalue weighted by Gasteiger charge is -2.10. The summed E-state index contributed by atoms with van der Waals surface area (Å²) >= 11 is 0. The van der Waals surface area contributed by atoms with E-state index in [9.17, 15) is 14.4 Å². The molecule has 0 aliphatic rings. The lowest BCUT2D eigenvalue weighted by Crippen LogP contribution is -2.37. The van der Waals surface area contributed by atoms with E-state index >= 15 is 0 Å². The third-order valence-electron chi connectivity index (χ3n) is 2.20. The summed E-state index contributed by atoms with van der Waals surface area (Å²) in [6, 6.07) is 5.28. The van der Waals surface area contributed by atoms with Crippen LogP contribution in [-0.4, -0.2) is 28.9 Å². The summed E-state index contributed by atoms with van der Waals surface area (Å²) in [5, 5.41) is 13.6. The number of anilines is 2. The minimum Gasteiger partial charge on any atom is -0.481 e. The first-order chi connectivity index (χ1) is 8.88. The van der Waals surface area contributed by atoms with Gasteiger partial charge in [0.1, 0.15) is 0 Å². The van der Waals surface area contributed by atoms with Crippen molar-refractivity contribution in [2.75, 3.05) is 10.6 Å². The van der Waals surface area contributed by atoms with Crippen LogP contribution in [0, 0.1) is 0 Å². The second-order valence-electron chi connectivity index (χ2n) is 3.95. The van der Waals surface area contributed by atoms with Crippen LogP contribution in [0.5, 0.6) is 0 Å². The van der Waals surface area contributed by atoms with E-state index in [-0.39, 0.29) is 5.91 Å². The molecule has 0 aromatic heterocycles. The van der Waals surface area contributed by atoms with Crippen LogP contribution in [0.4, 0.5) is 11.4 Å². The molecule has 0 aliphatic carbocycles. The predicted molar refractivity (Wildman–Crippen MR) is 69.6 cm³/mol. The Morgan fingerprint density at radius 2 is 1.63 bits per heavy atom. The van der Waals surface area contributed by atoms with Gasteiger partial charge >= 0.3 is 5.97 Å². The predicted octanol–water partition coefficient (Wildman–Crippen LogP) is 0.386. The molecule has 0 heterocycles. The van der Waals surface area contributed by atoms with Crippen molar-refractivity contribution in [2.24, 2.45) is 5.73 Å². The molecule has 19 heavy (non-hydrogen) atoms. The number of rotatable bonds is 5. The highest BCUT2D eigenvalue weighted by Crippen LogP contribution is 2.13. The monoisotopic (exact) mass is 265 g/mol. The van der Waals surface area contributed by atoms with Crippen LogP contribution < -0.4 is 16.4 Å². The Bertz CT molecular complexity index is 484. The molecular weight excluding hydrogens is 250 g/mol. The first kappa shape index (κ1) is 14.7. The van der Waals surface area contributed by atoms with Gasteiger partial charge in [0.25, 0.3) is 0 Å². The van der Waals surface area contributed by atoms with Gasteiger partial charge in [-0.2, -0.15) is 0 Å². The Morgan fingerprint density at radius 1 is 1.16 bits per heavy atom. The molecule has 5 N–H and O–H groups in total. The van der Waals surface area contributed by atoms with Crippen LogP contribution >= 0.6 is 0 Å². The molecule has 2 amide bonds. The molecule has 1 aromatic rings. The minimum absolute atomic E-state index is 0.194. The topological polar surface area (TPSA) is 122 Å². The number of carbonyl (C=O) groups is 3. The quantitative estimate of drug-likeness (QED) is 0.613. The maximum absolute atomic E-state index is 11.5. The molecule has 1 atom stereocenters. The van der Waals surface area contributed by atoms with Crippen molar-refractivity contribution in [3.63, 3.8) is 0 Å². The van der Waals surface area contributed by atoms with E-state index < -0.39 is 24.3 Å². The molecule has 1 unspecified atom stereocenters. The van der Waals surface area contributed by atoms with Gasteiger partial charge in [-0.1, -0.05) is 0 Å². The van der Waals surface area contributed by atoms with E-state index in [2.05, 4.69) is 10.6 Å². The summed E-state index contributed by atoms with van der Waals surface area (Å²) in [5.41, 5.74) is 6.48. The summed E-state index contributed by atoms with van der Waals surface area (Å²) in [4.78, 5) is 32.8. The molecule has 0 radical (unpaired) electrons. The van der Waals surface area contributed by atoms with Crippen LogP contribution in [0.15, 0.2) is 24.3 Å². The van der Waals surface area contributed by atoms with Crippen LogP contribution in [0.2, 0.25) is 0 Å². The number of carboxylic acid groups (broad SMARTS) is 1. The second-order valence-corrected chi connectivity index (χ2v) is 3.95. The summed E-state index contributed by atoms with van der Waals surface area (Å²) in [6.07, 6.45) is -0.435. The van der Waals surface area contributed by atoms with Crippen molar-refractivity contribution in [1.29, 1.82) is 0 Å². The van der Waals surface area contributed by atoms with E-state index in [1.165, 1.54) is 6.92 Å². The summed E-state index contributed by atoms with van der Waals surface area (Å²) in [6.45, 7) is 1.39. The number of hydrogen-bond donors (Lipinski definition) is 4. The molecule has 7 nitrogen and oxygen atoms in total. The van der Waals surface area contributed by atoms with Crippen molar-refractivity contribution < 1.29 is 19.5 Å². The van der Waals surface area contributed by atoms with Gasteiger partial charge < -0.3 is 21.5 Å². The number of nitrogens with one attached hydrogen (secondary N) is 2. The highest BCUT2D eigenvalue weighted by Gasteiger charge is 2.16. The van der Waals surface area contributed by atoms with Gasteiger partial charge in [0.15, 0.2) is 0 Å². The fourth-order valence-corrected chi connectivity index (χ4v) is 1.36. The zero-order chi connectivity index (χ0) is 14.4. The lowest BCUT2D eigenvalue weighted by molar-refractivity contribution is -0.138. The molecule has 0 aliphatic heterocycles. The number of benzene rings is 1. The molecular formula is C12H15N3O4.